The Morgan fingerprint density at radius 2 is 1.62 bits per heavy atom. The highest BCUT2D eigenvalue weighted by atomic mass is 19.2. The van der Waals surface area contributed by atoms with Gasteiger partial charge in [0, 0.05) is 0 Å². The van der Waals surface area contributed by atoms with Crippen molar-refractivity contribution in [2.45, 2.75) is 26.4 Å². The Bertz CT molecular complexity index is 215. The lowest BCUT2D eigenvalue weighted by Gasteiger charge is -2.42. The van der Waals surface area contributed by atoms with Crippen molar-refractivity contribution in [1.82, 2.24) is 0 Å². The zero-order valence-electron chi connectivity index (χ0n) is 7.50. The van der Waals surface area contributed by atoms with Crippen molar-refractivity contribution in [3.8, 4) is 6.07 Å². The molecule has 0 spiro atoms. The molecule has 1 N–H and O–H groups in total. The normalized spacial score (nSPS) is 51.4. The summed E-state index contributed by atoms with van der Waals surface area (Å²) in [6, 6.07) is 1.85. The summed E-state index contributed by atoms with van der Waals surface area (Å²) in [6.07, 6.45) is -3.65. The molecule has 3 nitrogen and oxygen atoms in total. The predicted molar refractivity (Wildman–Crippen MR) is 41.6 cm³/mol. The van der Waals surface area contributed by atoms with Gasteiger partial charge in [-0.3, -0.25) is 0 Å². The Morgan fingerprint density at radius 3 is 1.92 bits per heavy atom. The van der Waals surface area contributed by atoms with Crippen molar-refractivity contribution < 1.29 is 13.8 Å². The van der Waals surface area contributed by atoms with Crippen LogP contribution in [0.2, 0.25) is 0 Å². The fraction of sp³-hybridized carbons (Fsp3) is 0.875. The number of nitrogens with one attached hydrogen (secondary N) is 1. The minimum atomic E-state index is -1.82. The Morgan fingerprint density at radius 1 is 1.23 bits per heavy atom. The van der Waals surface area contributed by atoms with Crippen molar-refractivity contribution in [2.24, 2.45) is 17.8 Å². The smallest absolute Gasteiger partial charge is 0.236 e. The van der Waals surface area contributed by atoms with E-state index in [1.54, 1.807) is 0 Å². The van der Waals surface area contributed by atoms with Gasteiger partial charge in [-0.1, -0.05) is 13.8 Å². The Balaban J connectivity index is 2.87. The van der Waals surface area contributed by atoms with Crippen molar-refractivity contribution in [2.75, 3.05) is 0 Å². The molecule has 13 heavy (non-hydrogen) atoms. The molecule has 0 saturated carbocycles. The zero-order valence-corrected chi connectivity index (χ0v) is 7.50. The van der Waals surface area contributed by atoms with Crippen molar-refractivity contribution >= 4 is 0 Å². The number of quaternary nitrogens is 1. The van der Waals surface area contributed by atoms with Gasteiger partial charge in [0.2, 0.25) is 12.6 Å². The van der Waals surface area contributed by atoms with Crippen LogP contribution in [0.25, 0.3) is 0 Å². The van der Waals surface area contributed by atoms with Gasteiger partial charge < -0.3 is 10.3 Å². The van der Waals surface area contributed by atoms with E-state index in [0.29, 0.717) is 0 Å². The average molecular weight is 190 g/mol. The molecular weight excluding hydrogens is 178 g/mol. The molecule has 4 atom stereocenters. The number of nitrogens with zero attached hydrogens (tertiary/aromatic N) is 1. The first kappa shape index (κ1) is 10.4. The van der Waals surface area contributed by atoms with Crippen LogP contribution >= 0.6 is 0 Å². The van der Waals surface area contributed by atoms with Crippen LogP contribution in [-0.4, -0.2) is 12.6 Å². The summed E-state index contributed by atoms with van der Waals surface area (Å²) in [7, 11) is 0. The third kappa shape index (κ3) is 1.52. The number of nitriles is 1. The van der Waals surface area contributed by atoms with E-state index in [1.807, 2.05) is 6.07 Å². The number of hydroxylamine groups is 2. The zero-order chi connectivity index (χ0) is 10.2. The van der Waals surface area contributed by atoms with Gasteiger partial charge in [0.05, 0.1) is 23.8 Å². The van der Waals surface area contributed by atoms with Gasteiger partial charge in [0.15, 0.2) is 0 Å². The van der Waals surface area contributed by atoms with Gasteiger partial charge in [-0.15, -0.1) is 0 Å². The maximum Gasteiger partial charge on any atom is 0.236 e. The molecule has 0 amide bonds. The number of hydrogen-bond donors (Lipinski definition) is 1. The summed E-state index contributed by atoms with van der Waals surface area (Å²) >= 11 is 0. The average Bonchev–Trinajstić information content (AvgIpc) is 2.13. The second-order valence-electron chi connectivity index (χ2n) is 3.58. The maximum absolute atomic E-state index is 13.1. The molecule has 0 aromatic heterocycles. The van der Waals surface area contributed by atoms with E-state index < -0.39 is 35.4 Å². The Kier molecular flexibility index (Phi) is 2.84. The number of alkyl halides is 2. The molecule has 4 unspecified atom stereocenters. The minimum absolute atomic E-state index is 0.695. The summed E-state index contributed by atoms with van der Waals surface area (Å²) < 4.78 is 26.2. The number of rotatable bonds is 0. The molecule has 1 aliphatic rings. The van der Waals surface area contributed by atoms with E-state index >= 15 is 0 Å². The number of piperidine rings is 1. The summed E-state index contributed by atoms with van der Waals surface area (Å²) in [5, 5.41) is 18.6. The van der Waals surface area contributed by atoms with Gasteiger partial charge in [-0.2, -0.15) is 14.0 Å². The molecule has 1 heterocycles. The molecule has 5 heteroatoms. The van der Waals surface area contributed by atoms with Crippen LogP contribution < -0.4 is 5.06 Å². The monoisotopic (exact) mass is 190 g/mol. The molecule has 0 aromatic rings. The van der Waals surface area contributed by atoms with E-state index in [-0.39, 0.29) is 0 Å². The third-order valence-corrected chi connectivity index (χ3v) is 2.75. The quantitative estimate of drug-likeness (QED) is 0.443. The van der Waals surface area contributed by atoms with Gasteiger partial charge in [-0.25, -0.2) is 0 Å². The lowest BCUT2D eigenvalue weighted by molar-refractivity contribution is -0.948. The summed E-state index contributed by atoms with van der Waals surface area (Å²) in [5.41, 5.74) is 0. The van der Waals surface area contributed by atoms with Gasteiger partial charge in [-0.05, 0) is 0 Å². The Labute approximate surface area is 75.5 Å². The highest BCUT2D eigenvalue weighted by molar-refractivity contribution is 4.93. The largest absolute Gasteiger partial charge is 0.630 e. The first-order valence-corrected chi connectivity index (χ1v) is 4.22. The van der Waals surface area contributed by atoms with E-state index in [0.717, 1.165) is 0 Å². The second-order valence-corrected chi connectivity index (χ2v) is 3.58. The van der Waals surface area contributed by atoms with Crippen LogP contribution in [0, 0.1) is 34.3 Å². The molecule has 74 valence electrons. The van der Waals surface area contributed by atoms with E-state index in [1.165, 1.54) is 13.8 Å². The van der Waals surface area contributed by atoms with Crippen LogP contribution in [0.4, 0.5) is 8.78 Å². The highest BCUT2D eigenvalue weighted by Crippen LogP contribution is 2.29. The molecule has 0 aliphatic carbocycles. The van der Waals surface area contributed by atoms with Crippen molar-refractivity contribution in [3.05, 3.63) is 5.21 Å². The standard InChI is InChI=1S/C8H12F2N2O/c1-4-6(3-11)5(2)8(10)12(13)7(4)9/h4-8,12H,1-2H3. The lowest BCUT2D eigenvalue weighted by atomic mass is 9.80. The number of halogens is 2. The van der Waals surface area contributed by atoms with Gasteiger partial charge in [0.25, 0.3) is 0 Å². The first-order valence-electron chi connectivity index (χ1n) is 4.22. The number of hydrogen-bond acceptors (Lipinski definition) is 2. The molecule has 1 saturated heterocycles. The van der Waals surface area contributed by atoms with Crippen LogP contribution in [0.5, 0.6) is 0 Å². The van der Waals surface area contributed by atoms with E-state index in [9.17, 15) is 14.0 Å². The van der Waals surface area contributed by atoms with Crippen LogP contribution in [-0.2, 0) is 0 Å². The molecule has 0 bridgehead atoms. The van der Waals surface area contributed by atoms with Crippen molar-refractivity contribution in [3.63, 3.8) is 0 Å². The van der Waals surface area contributed by atoms with Crippen molar-refractivity contribution in [1.29, 1.82) is 5.26 Å². The van der Waals surface area contributed by atoms with Crippen LogP contribution in [0.15, 0.2) is 0 Å². The fourth-order valence-corrected chi connectivity index (χ4v) is 1.75. The molecule has 1 aliphatic heterocycles. The van der Waals surface area contributed by atoms with Crippen LogP contribution in [0.3, 0.4) is 0 Å². The molecule has 1 fully saturated rings. The molecular formula is C8H12F2N2O. The van der Waals surface area contributed by atoms with E-state index in [2.05, 4.69) is 0 Å². The SMILES string of the molecule is CC1C(C#N)C(C)C(F)[NH+]([O-])C1F. The summed E-state index contributed by atoms with van der Waals surface area (Å²) in [5.74, 6) is -2.10. The summed E-state index contributed by atoms with van der Waals surface area (Å²) in [4.78, 5) is 0. The fourth-order valence-electron chi connectivity index (χ4n) is 1.75. The third-order valence-electron chi connectivity index (χ3n) is 2.75. The molecule has 1 rings (SSSR count). The predicted octanol–water partition coefficient (Wildman–Crippen LogP) is 0.386. The summed E-state index contributed by atoms with van der Waals surface area (Å²) in [6.45, 7) is 2.94. The second kappa shape index (κ2) is 3.56. The highest BCUT2D eigenvalue weighted by Gasteiger charge is 2.46. The van der Waals surface area contributed by atoms with Crippen LogP contribution in [0.1, 0.15) is 13.8 Å². The van der Waals surface area contributed by atoms with Gasteiger partial charge >= 0.3 is 0 Å². The first-order chi connectivity index (χ1) is 6.00. The lowest BCUT2D eigenvalue weighted by Crippen LogP contribution is -3.16. The molecule has 0 radical (unpaired) electrons. The van der Waals surface area contributed by atoms with Gasteiger partial charge in [0.1, 0.15) is 0 Å². The van der Waals surface area contributed by atoms with E-state index in [4.69, 9.17) is 5.26 Å². The Hall–Kier alpha value is -0.730. The minimum Gasteiger partial charge on any atom is -0.630 e. The maximum atomic E-state index is 13.1. The molecule has 0 aromatic carbocycles. The topological polar surface area (TPSA) is 51.3 Å².